The minimum Gasteiger partial charge on any atom is -0.477 e. The Bertz CT molecular complexity index is 588. The Morgan fingerprint density at radius 3 is 1.25 bits per heavy atom. The molecule has 0 fully saturated rings. The van der Waals surface area contributed by atoms with Gasteiger partial charge in [-0.05, 0) is 57.8 Å². The molecular weight excluding hydrogens is 458 g/mol. The van der Waals surface area contributed by atoms with Crippen molar-refractivity contribution in [3.63, 3.8) is 0 Å². The average Bonchev–Trinajstić information content (AvgIpc) is 2.83. The summed E-state index contributed by atoms with van der Waals surface area (Å²) in [6.45, 7) is 8.07. The van der Waals surface area contributed by atoms with Gasteiger partial charge in [0, 0.05) is 19.3 Å². The van der Waals surface area contributed by atoms with Gasteiger partial charge in [0.05, 0.1) is 6.54 Å². The van der Waals surface area contributed by atoms with Gasteiger partial charge in [0.2, 0.25) is 0 Å². The fourth-order valence-electron chi connectivity index (χ4n) is 5.57. The number of allylic oxidation sites excluding steroid dienone is 2. The maximum Gasteiger partial charge on any atom is 0.362 e. The molecule has 0 heterocycles. The number of unbranched alkanes of at least 4 members (excludes halogenated alkanes) is 8. The van der Waals surface area contributed by atoms with Crippen LogP contribution in [-0.2, 0) is 14.4 Å². The fraction of sp³-hybridized carbons (Fsp3) is 0.828. The molecule has 210 valence electrons. The Balaban J connectivity index is 5.65. The highest BCUT2D eigenvalue weighted by Gasteiger charge is 2.56. The maximum atomic E-state index is 12.5. The smallest absolute Gasteiger partial charge is 0.362 e. The van der Waals surface area contributed by atoms with Crippen LogP contribution >= 0.6 is 0 Å². The van der Waals surface area contributed by atoms with Gasteiger partial charge in [-0.25, -0.2) is 14.4 Å². The van der Waals surface area contributed by atoms with Crippen LogP contribution in [0.3, 0.4) is 0 Å². The predicted molar refractivity (Wildman–Crippen MR) is 145 cm³/mol. The van der Waals surface area contributed by atoms with Crippen molar-refractivity contribution < 1.29 is 34.2 Å². The van der Waals surface area contributed by atoms with E-state index in [0.717, 1.165) is 25.7 Å². The molecule has 0 bridgehead atoms. The second-order valence-corrected chi connectivity index (χ2v) is 10.2. The molecule has 0 aromatic rings. The lowest BCUT2D eigenvalue weighted by atomic mass is 9.91. The molecule has 0 aliphatic heterocycles. The number of carbonyl (C=O) groups is 3. The standard InChI is InChI=1S/C29H53NO6/c1-5-9-10-11-12-13-14-15-16-17-18-19-23-30(24(20-6-2)27(31)32,25(21-7-3)28(33)34)26(22-8-4)29(35)36/h14-15,24-26H,5-13,16-23H2,1-4H3,(H2-,31,32,33,34,35,36)/p+1/b15-14+. The molecule has 0 aliphatic rings. The van der Waals surface area contributed by atoms with Crippen molar-refractivity contribution >= 4 is 17.9 Å². The summed E-state index contributed by atoms with van der Waals surface area (Å²) in [6.07, 6.45) is 17.6. The van der Waals surface area contributed by atoms with Crippen molar-refractivity contribution in [1.29, 1.82) is 0 Å². The van der Waals surface area contributed by atoms with Crippen LogP contribution < -0.4 is 0 Å². The maximum absolute atomic E-state index is 12.5. The van der Waals surface area contributed by atoms with E-state index in [0.29, 0.717) is 25.7 Å². The second-order valence-electron chi connectivity index (χ2n) is 10.2. The zero-order chi connectivity index (χ0) is 27.4. The first-order valence-electron chi connectivity index (χ1n) is 14.4. The molecule has 36 heavy (non-hydrogen) atoms. The van der Waals surface area contributed by atoms with Gasteiger partial charge in [-0.1, -0.05) is 65.5 Å². The molecule has 3 unspecified atom stereocenters. The van der Waals surface area contributed by atoms with Crippen molar-refractivity contribution in [3.05, 3.63) is 12.2 Å². The van der Waals surface area contributed by atoms with Crippen LogP contribution in [0.4, 0.5) is 0 Å². The molecule has 3 N–H and O–H groups in total. The molecule has 7 nitrogen and oxygen atoms in total. The van der Waals surface area contributed by atoms with Crippen LogP contribution in [0, 0.1) is 0 Å². The fourth-order valence-corrected chi connectivity index (χ4v) is 5.57. The Kier molecular flexibility index (Phi) is 19.1. The molecule has 3 atom stereocenters. The molecule has 0 radical (unpaired) electrons. The number of carboxylic acids is 3. The highest BCUT2D eigenvalue weighted by molar-refractivity contribution is 5.78. The van der Waals surface area contributed by atoms with E-state index in [1.807, 2.05) is 20.8 Å². The first-order chi connectivity index (χ1) is 17.2. The van der Waals surface area contributed by atoms with Gasteiger partial charge in [-0.15, -0.1) is 0 Å². The van der Waals surface area contributed by atoms with Crippen molar-refractivity contribution in [1.82, 2.24) is 0 Å². The second kappa shape index (κ2) is 20.2. The molecule has 0 amide bonds. The van der Waals surface area contributed by atoms with Crippen molar-refractivity contribution in [2.75, 3.05) is 6.54 Å². The zero-order valence-corrected chi connectivity index (χ0v) is 23.4. The number of aliphatic carboxylic acids is 3. The minimum atomic E-state index is -1.09. The third-order valence-electron chi connectivity index (χ3n) is 7.34. The van der Waals surface area contributed by atoms with E-state index in [1.165, 1.54) is 32.1 Å². The van der Waals surface area contributed by atoms with E-state index in [-0.39, 0.29) is 30.3 Å². The number of carboxylic acid groups (broad SMARTS) is 3. The molecule has 0 aromatic heterocycles. The minimum absolute atomic E-state index is 0.256. The highest BCUT2D eigenvalue weighted by atomic mass is 16.4. The SMILES string of the molecule is CCCCCCC/C=C/CCCCC[N+](C(CCC)C(=O)O)(C(CCC)C(=O)O)C(CCC)C(=O)O. The highest BCUT2D eigenvalue weighted by Crippen LogP contribution is 2.34. The van der Waals surface area contributed by atoms with Crippen LogP contribution in [-0.4, -0.2) is 62.4 Å². The summed E-state index contributed by atoms with van der Waals surface area (Å²) in [5.74, 6) is -3.28. The summed E-state index contributed by atoms with van der Waals surface area (Å²) in [5.41, 5.74) is 0. The Morgan fingerprint density at radius 1 is 0.556 bits per heavy atom. The first-order valence-corrected chi connectivity index (χ1v) is 14.4. The molecule has 7 heteroatoms. The lowest BCUT2D eigenvalue weighted by molar-refractivity contribution is -0.973. The van der Waals surface area contributed by atoms with Crippen LogP contribution in [0.1, 0.15) is 130 Å². The summed E-state index contributed by atoms with van der Waals surface area (Å²) >= 11 is 0. The summed E-state index contributed by atoms with van der Waals surface area (Å²) in [6, 6.07) is -3.16. The van der Waals surface area contributed by atoms with E-state index in [1.54, 1.807) is 0 Å². The molecule has 0 aromatic carbocycles. The normalized spacial score (nSPS) is 15.9. The van der Waals surface area contributed by atoms with Gasteiger partial charge >= 0.3 is 17.9 Å². The summed E-state index contributed by atoms with van der Waals surface area (Å²) in [4.78, 5) is 37.5. The van der Waals surface area contributed by atoms with E-state index in [2.05, 4.69) is 19.1 Å². The molecule has 0 aliphatic carbocycles. The molecule has 0 saturated heterocycles. The van der Waals surface area contributed by atoms with Crippen molar-refractivity contribution in [2.45, 2.75) is 149 Å². The summed E-state index contributed by atoms with van der Waals surface area (Å²) in [5, 5.41) is 30.7. The van der Waals surface area contributed by atoms with E-state index in [4.69, 9.17) is 0 Å². The Hall–Kier alpha value is -1.89. The average molecular weight is 513 g/mol. The predicted octanol–water partition coefficient (Wildman–Crippen LogP) is 7.04. The summed E-state index contributed by atoms with van der Waals surface area (Å²) in [7, 11) is 0. The molecule has 0 saturated carbocycles. The van der Waals surface area contributed by atoms with Gasteiger partial charge in [0.1, 0.15) is 0 Å². The molecule has 0 spiro atoms. The Labute approximate surface area is 219 Å². The largest absolute Gasteiger partial charge is 0.477 e. The quantitative estimate of drug-likeness (QED) is 0.0726. The van der Waals surface area contributed by atoms with Crippen molar-refractivity contribution in [2.24, 2.45) is 0 Å². The monoisotopic (exact) mass is 512 g/mol. The molecular formula is C29H54NO6+. The van der Waals surface area contributed by atoms with Gasteiger partial charge in [-0.2, -0.15) is 0 Å². The van der Waals surface area contributed by atoms with Crippen LogP contribution in [0.5, 0.6) is 0 Å². The Morgan fingerprint density at radius 2 is 0.917 bits per heavy atom. The first kappa shape index (κ1) is 34.1. The van der Waals surface area contributed by atoms with Gasteiger partial charge in [0.25, 0.3) is 0 Å². The van der Waals surface area contributed by atoms with E-state index in [9.17, 15) is 29.7 Å². The molecule has 0 rings (SSSR count). The lowest BCUT2D eigenvalue weighted by Gasteiger charge is -2.50. The number of nitrogens with zero attached hydrogens (tertiary/aromatic N) is 1. The van der Waals surface area contributed by atoms with E-state index >= 15 is 0 Å². The van der Waals surface area contributed by atoms with E-state index < -0.39 is 36.0 Å². The topological polar surface area (TPSA) is 112 Å². The number of quaternary nitrogens is 1. The van der Waals surface area contributed by atoms with Crippen LogP contribution in [0.15, 0.2) is 12.2 Å². The van der Waals surface area contributed by atoms with Crippen LogP contribution in [0.25, 0.3) is 0 Å². The zero-order valence-electron chi connectivity index (χ0n) is 23.4. The van der Waals surface area contributed by atoms with Crippen molar-refractivity contribution in [3.8, 4) is 0 Å². The number of hydrogen-bond acceptors (Lipinski definition) is 3. The number of rotatable bonds is 24. The third kappa shape index (κ3) is 11.4. The van der Waals surface area contributed by atoms with Gasteiger partial charge in [0.15, 0.2) is 18.1 Å². The van der Waals surface area contributed by atoms with Gasteiger partial charge in [-0.3, -0.25) is 4.48 Å². The van der Waals surface area contributed by atoms with Crippen LogP contribution in [0.2, 0.25) is 0 Å². The number of hydrogen-bond donors (Lipinski definition) is 3. The lowest BCUT2D eigenvalue weighted by Crippen LogP contribution is -2.72. The summed E-state index contributed by atoms with van der Waals surface area (Å²) < 4.78 is -0.386. The third-order valence-corrected chi connectivity index (χ3v) is 7.34. The van der Waals surface area contributed by atoms with Gasteiger partial charge < -0.3 is 15.3 Å².